The molecule has 0 amide bonds. The molecule has 0 radical (unpaired) electrons. The number of aromatic nitrogens is 3. The second-order valence-electron chi connectivity index (χ2n) is 3.42. The molecule has 0 saturated carbocycles. The molecule has 1 aliphatic heterocycles. The summed E-state index contributed by atoms with van der Waals surface area (Å²) in [4.78, 5) is 10.5. The molecule has 1 fully saturated rings. The fourth-order valence-corrected chi connectivity index (χ4v) is 1.62. The van der Waals surface area contributed by atoms with E-state index < -0.39 is 5.97 Å². The number of hydrogen-bond donors (Lipinski definition) is 2. The molecule has 6 nitrogen and oxygen atoms in total. The molecule has 1 aliphatic rings. The fourth-order valence-electron chi connectivity index (χ4n) is 1.62. The number of aromatic carboxylic acids is 1. The number of nitrogens with one attached hydrogen (secondary N) is 1. The van der Waals surface area contributed by atoms with Crippen LogP contribution >= 0.6 is 0 Å². The van der Waals surface area contributed by atoms with Gasteiger partial charge in [-0.3, -0.25) is 4.68 Å². The Kier molecular flexibility index (Phi) is 2.45. The molecule has 1 unspecified atom stereocenters. The van der Waals surface area contributed by atoms with Gasteiger partial charge in [-0.2, -0.15) is 0 Å². The van der Waals surface area contributed by atoms with E-state index in [1.807, 2.05) is 0 Å². The van der Waals surface area contributed by atoms with Crippen molar-refractivity contribution in [1.29, 1.82) is 0 Å². The van der Waals surface area contributed by atoms with Crippen molar-refractivity contribution in [3.8, 4) is 0 Å². The minimum Gasteiger partial charge on any atom is -0.476 e. The molecule has 2 rings (SSSR count). The third-order valence-electron chi connectivity index (χ3n) is 2.33. The summed E-state index contributed by atoms with van der Waals surface area (Å²) in [5.41, 5.74) is 0.00277. The lowest BCUT2D eigenvalue weighted by atomic mass is 10.2. The average molecular weight is 196 g/mol. The Morgan fingerprint density at radius 1 is 1.79 bits per heavy atom. The van der Waals surface area contributed by atoms with E-state index in [4.69, 9.17) is 5.11 Å². The van der Waals surface area contributed by atoms with Gasteiger partial charge in [0.15, 0.2) is 5.69 Å². The first-order chi connectivity index (χ1) is 6.75. The van der Waals surface area contributed by atoms with Gasteiger partial charge in [0.1, 0.15) is 0 Å². The molecule has 1 saturated heterocycles. The molecule has 14 heavy (non-hydrogen) atoms. The Morgan fingerprint density at radius 2 is 2.64 bits per heavy atom. The van der Waals surface area contributed by atoms with Crippen LogP contribution in [0.1, 0.15) is 23.3 Å². The third-order valence-corrected chi connectivity index (χ3v) is 2.33. The van der Waals surface area contributed by atoms with E-state index in [-0.39, 0.29) is 5.69 Å². The van der Waals surface area contributed by atoms with E-state index in [0.717, 1.165) is 13.0 Å². The lowest BCUT2D eigenvalue weighted by Gasteiger charge is -2.08. The molecule has 0 aromatic carbocycles. The lowest BCUT2D eigenvalue weighted by molar-refractivity contribution is 0.0690. The van der Waals surface area contributed by atoms with Crippen LogP contribution in [0.5, 0.6) is 0 Å². The first kappa shape index (κ1) is 9.14. The van der Waals surface area contributed by atoms with Crippen molar-refractivity contribution in [2.24, 2.45) is 0 Å². The maximum Gasteiger partial charge on any atom is 0.358 e. The minimum atomic E-state index is -1.03. The van der Waals surface area contributed by atoms with E-state index in [9.17, 15) is 4.79 Å². The lowest BCUT2D eigenvalue weighted by Crippen LogP contribution is -2.26. The monoisotopic (exact) mass is 196 g/mol. The molecular formula is C8H12N4O2. The quantitative estimate of drug-likeness (QED) is 0.695. The van der Waals surface area contributed by atoms with Crippen LogP contribution in [-0.2, 0) is 6.54 Å². The van der Waals surface area contributed by atoms with Crippen molar-refractivity contribution in [2.75, 3.05) is 6.54 Å². The second-order valence-corrected chi connectivity index (χ2v) is 3.42. The van der Waals surface area contributed by atoms with Crippen LogP contribution < -0.4 is 5.32 Å². The first-order valence-corrected chi connectivity index (χ1v) is 4.62. The van der Waals surface area contributed by atoms with Gasteiger partial charge in [-0.05, 0) is 19.4 Å². The predicted octanol–water partition coefficient (Wildman–Crippen LogP) is -0.272. The highest BCUT2D eigenvalue weighted by Gasteiger charge is 2.16. The zero-order valence-electron chi connectivity index (χ0n) is 7.68. The summed E-state index contributed by atoms with van der Waals surface area (Å²) < 4.78 is 1.58. The van der Waals surface area contributed by atoms with Crippen LogP contribution in [-0.4, -0.2) is 38.7 Å². The van der Waals surface area contributed by atoms with E-state index >= 15 is 0 Å². The van der Waals surface area contributed by atoms with Gasteiger partial charge in [-0.1, -0.05) is 5.21 Å². The number of carboxylic acid groups (broad SMARTS) is 1. The van der Waals surface area contributed by atoms with Gasteiger partial charge in [-0.15, -0.1) is 5.10 Å². The summed E-state index contributed by atoms with van der Waals surface area (Å²) in [5, 5.41) is 19.2. The molecule has 2 heterocycles. The zero-order chi connectivity index (χ0) is 9.97. The Bertz CT molecular complexity index is 330. The van der Waals surface area contributed by atoms with Gasteiger partial charge in [0.05, 0.1) is 12.7 Å². The van der Waals surface area contributed by atoms with Gasteiger partial charge >= 0.3 is 5.97 Å². The molecule has 1 aromatic rings. The summed E-state index contributed by atoms with van der Waals surface area (Å²) in [5.74, 6) is -1.03. The topological polar surface area (TPSA) is 80.0 Å². The first-order valence-electron chi connectivity index (χ1n) is 4.62. The van der Waals surface area contributed by atoms with E-state index in [1.165, 1.54) is 12.6 Å². The highest BCUT2D eigenvalue weighted by molar-refractivity contribution is 5.84. The van der Waals surface area contributed by atoms with Gasteiger partial charge in [0.2, 0.25) is 0 Å². The third kappa shape index (κ3) is 1.90. The second kappa shape index (κ2) is 3.75. The Morgan fingerprint density at radius 3 is 3.21 bits per heavy atom. The number of rotatable bonds is 3. The van der Waals surface area contributed by atoms with Gasteiger partial charge in [0, 0.05) is 6.04 Å². The molecule has 1 atom stereocenters. The maximum absolute atomic E-state index is 10.5. The highest BCUT2D eigenvalue weighted by Crippen LogP contribution is 2.06. The molecule has 1 aromatic heterocycles. The Balaban J connectivity index is 1.98. The molecule has 2 N–H and O–H groups in total. The number of carboxylic acids is 1. The van der Waals surface area contributed by atoms with Crippen molar-refractivity contribution in [1.82, 2.24) is 20.3 Å². The summed E-state index contributed by atoms with van der Waals surface area (Å²) in [7, 11) is 0. The maximum atomic E-state index is 10.5. The summed E-state index contributed by atoms with van der Waals surface area (Å²) in [6.45, 7) is 1.73. The summed E-state index contributed by atoms with van der Waals surface area (Å²) in [6, 6.07) is 0.401. The van der Waals surface area contributed by atoms with Crippen molar-refractivity contribution >= 4 is 5.97 Å². The SMILES string of the molecule is O=C(O)c1cn(CC2CCCN2)nn1. The van der Waals surface area contributed by atoms with Gasteiger partial charge in [0.25, 0.3) is 0 Å². The number of hydrogen-bond acceptors (Lipinski definition) is 4. The number of carbonyl (C=O) groups is 1. The van der Waals surface area contributed by atoms with Crippen LogP contribution in [0.15, 0.2) is 6.20 Å². The van der Waals surface area contributed by atoms with Crippen LogP contribution in [0.4, 0.5) is 0 Å². The molecule has 0 bridgehead atoms. The van der Waals surface area contributed by atoms with Crippen molar-refractivity contribution in [3.63, 3.8) is 0 Å². The molecule has 6 heteroatoms. The largest absolute Gasteiger partial charge is 0.476 e. The van der Waals surface area contributed by atoms with Crippen LogP contribution in [0.25, 0.3) is 0 Å². The van der Waals surface area contributed by atoms with E-state index in [0.29, 0.717) is 12.6 Å². The predicted molar refractivity (Wildman–Crippen MR) is 48.0 cm³/mol. The smallest absolute Gasteiger partial charge is 0.358 e. The van der Waals surface area contributed by atoms with Crippen molar-refractivity contribution < 1.29 is 9.90 Å². The normalized spacial score (nSPS) is 21.3. The Hall–Kier alpha value is -1.43. The summed E-state index contributed by atoms with van der Waals surface area (Å²) in [6.07, 6.45) is 3.75. The van der Waals surface area contributed by atoms with Crippen LogP contribution in [0, 0.1) is 0 Å². The van der Waals surface area contributed by atoms with E-state index in [1.54, 1.807) is 4.68 Å². The van der Waals surface area contributed by atoms with Gasteiger partial charge < -0.3 is 10.4 Å². The molecule has 76 valence electrons. The minimum absolute atomic E-state index is 0.00277. The number of nitrogens with zero attached hydrogens (tertiary/aromatic N) is 3. The molecular weight excluding hydrogens is 184 g/mol. The van der Waals surface area contributed by atoms with Crippen LogP contribution in [0.2, 0.25) is 0 Å². The van der Waals surface area contributed by atoms with Gasteiger partial charge in [-0.25, -0.2) is 4.79 Å². The summed E-state index contributed by atoms with van der Waals surface area (Å²) >= 11 is 0. The van der Waals surface area contributed by atoms with E-state index in [2.05, 4.69) is 15.6 Å². The fraction of sp³-hybridized carbons (Fsp3) is 0.625. The Labute approximate surface area is 80.9 Å². The molecule has 0 aliphatic carbocycles. The van der Waals surface area contributed by atoms with Crippen molar-refractivity contribution in [2.45, 2.75) is 25.4 Å². The van der Waals surface area contributed by atoms with Crippen molar-refractivity contribution in [3.05, 3.63) is 11.9 Å². The highest BCUT2D eigenvalue weighted by atomic mass is 16.4. The average Bonchev–Trinajstić information content (AvgIpc) is 2.75. The van der Waals surface area contributed by atoms with Crippen LogP contribution in [0.3, 0.4) is 0 Å². The zero-order valence-corrected chi connectivity index (χ0v) is 7.68. The molecule has 0 spiro atoms. The standard InChI is InChI=1S/C8H12N4O2/c13-8(14)7-5-12(11-10-7)4-6-2-1-3-9-6/h5-6,9H,1-4H2,(H,13,14).